The summed E-state index contributed by atoms with van der Waals surface area (Å²) in [5.74, 6) is 0.721. The van der Waals surface area contributed by atoms with E-state index in [1.54, 1.807) is 6.07 Å². The summed E-state index contributed by atoms with van der Waals surface area (Å²) < 4.78 is 11.6. The number of hydrogen-bond donors (Lipinski definition) is 2. The number of benzene rings is 2. The molecule has 4 rings (SSSR count). The van der Waals surface area contributed by atoms with Gasteiger partial charge in [-0.25, -0.2) is 0 Å². The second kappa shape index (κ2) is 8.03. The first-order valence-corrected chi connectivity index (χ1v) is 9.89. The molecule has 7 nitrogen and oxygen atoms in total. The molecular weight excluding hydrogens is 370 g/mol. The standard InChI is InChI=1S/C22H25N3O4/c1-14-20(29-19-5-3-2-4-18(19)28-14)22(27)24-16-6-8-17(9-7-16)25-12-10-15(11-13-25)21(23)26/h2-9,14-15,20H,10-13H2,1H3,(H2,23,26)(H,24,27). The molecule has 2 amide bonds. The number of hydrogen-bond acceptors (Lipinski definition) is 5. The first kappa shape index (κ1) is 19.1. The predicted molar refractivity (Wildman–Crippen MR) is 110 cm³/mol. The highest BCUT2D eigenvalue weighted by Crippen LogP contribution is 2.34. The summed E-state index contributed by atoms with van der Waals surface area (Å²) in [7, 11) is 0. The normalized spacial score (nSPS) is 21.5. The van der Waals surface area contributed by atoms with Crippen molar-refractivity contribution in [1.82, 2.24) is 0 Å². The number of amides is 2. The fourth-order valence-electron chi connectivity index (χ4n) is 3.80. The third kappa shape index (κ3) is 4.13. The number of carbonyl (C=O) groups excluding carboxylic acids is 2. The number of anilines is 2. The summed E-state index contributed by atoms with van der Waals surface area (Å²) in [6.45, 7) is 3.41. The van der Waals surface area contributed by atoms with E-state index in [2.05, 4.69) is 10.2 Å². The fourth-order valence-corrected chi connectivity index (χ4v) is 3.80. The molecule has 2 heterocycles. The fraction of sp³-hybridized carbons (Fsp3) is 0.364. The average Bonchev–Trinajstić information content (AvgIpc) is 2.74. The Hall–Kier alpha value is -3.22. The summed E-state index contributed by atoms with van der Waals surface area (Å²) in [6.07, 6.45) is 0.423. The molecule has 2 atom stereocenters. The van der Waals surface area contributed by atoms with Gasteiger partial charge in [0.15, 0.2) is 11.5 Å². The molecule has 7 heteroatoms. The number of piperidine rings is 1. The van der Waals surface area contributed by atoms with Gasteiger partial charge in [0.25, 0.3) is 5.91 Å². The molecule has 1 saturated heterocycles. The molecule has 0 spiro atoms. The largest absolute Gasteiger partial charge is 0.482 e. The summed E-state index contributed by atoms with van der Waals surface area (Å²) in [5, 5.41) is 2.90. The maximum atomic E-state index is 12.7. The minimum atomic E-state index is -0.725. The monoisotopic (exact) mass is 395 g/mol. The van der Waals surface area contributed by atoms with E-state index in [9.17, 15) is 9.59 Å². The van der Waals surface area contributed by atoms with Gasteiger partial charge in [0.1, 0.15) is 6.10 Å². The molecule has 1 fully saturated rings. The van der Waals surface area contributed by atoms with Crippen molar-refractivity contribution in [2.24, 2.45) is 11.7 Å². The number of primary amides is 1. The van der Waals surface area contributed by atoms with Crippen molar-refractivity contribution in [2.45, 2.75) is 32.0 Å². The molecule has 2 aromatic carbocycles. The van der Waals surface area contributed by atoms with Gasteiger partial charge in [-0.05, 0) is 56.2 Å². The molecule has 0 saturated carbocycles. The Morgan fingerprint density at radius 2 is 1.62 bits per heavy atom. The van der Waals surface area contributed by atoms with Crippen molar-refractivity contribution in [3.8, 4) is 11.5 Å². The van der Waals surface area contributed by atoms with Gasteiger partial charge in [0.2, 0.25) is 12.0 Å². The summed E-state index contributed by atoms with van der Waals surface area (Å²) >= 11 is 0. The van der Waals surface area contributed by atoms with Crippen molar-refractivity contribution >= 4 is 23.2 Å². The third-order valence-corrected chi connectivity index (χ3v) is 5.50. The van der Waals surface area contributed by atoms with Crippen LogP contribution in [-0.4, -0.2) is 37.1 Å². The van der Waals surface area contributed by atoms with Crippen LogP contribution in [-0.2, 0) is 9.59 Å². The Labute approximate surface area is 169 Å². The molecule has 2 unspecified atom stereocenters. The van der Waals surface area contributed by atoms with Gasteiger partial charge in [-0.3, -0.25) is 9.59 Å². The Kier molecular flexibility index (Phi) is 5.29. The van der Waals surface area contributed by atoms with Crippen LogP contribution in [0.1, 0.15) is 19.8 Å². The van der Waals surface area contributed by atoms with Gasteiger partial charge >= 0.3 is 0 Å². The third-order valence-electron chi connectivity index (χ3n) is 5.50. The van der Waals surface area contributed by atoms with Gasteiger partial charge in [-0.1, -0.05) is 12.1 Å². The van der Waals surface area contributed by atoms with E-state index < -0.39 is 12.2 Å². The van der Waals surface area contributed by atoms with Crippen molar-refractivity contribution in [2.75, 3.05) is 23.3 Å². The lowest BCUT2D eigenvalue weighted by molar-refractivity contribution is -0.128. The van der Waals surface area contributed by atoms with Crippen LogP contribution in [0.4, 0.5) is 11.4 Å². The van der Waals surface area contributed by atoms with Gasteiger partial charge in [-0.15, -0.1) is 0 Å². The number of carbonyl (C=O) groups is 2. The minimum Gasteiger partial charge on any atom is -0.482 e. The molecule has 0 radical (unpaired) electrons. The van der Waals surface area contributed by atoms with Crippen LogP contribution in [0.25, 0.3) is 0 Å². The van der Waals surface area contributed by atoms with E-state index in [4.69, 9.17) is 15.2 Å². The summed E-state index contributed by atoms with van der Waals surface area (Å²) in [4.78, 5) is 26.2. The average molecular weight is 395 g/mol. The topological polar surface area (TPSA) is 93.9 Å². The second-order valence-corrected chi connectivity index (χ2v) is 7.51. The molecule has 152 valence electrons. The van der Waals surface area contributed by atoms with Crippen LogP contribution in [0.3, 0.4) is 0 Å². The summed E-state index contributed by atoms with van der Waals surface area (Å²) in [5.41, 5.74) is 7.15. The van der Waals surface area contributed by atoms with E-state index in [0.29, 0.717) is 17.2 Å². The highest BCUT2D eigenvalue weighted by molar-refractivity contribution is 5.95. The predicted octanol–water partition coefficient (Wildman–Crippen LogP) is 2.56. The van der Waals surface area contributed by atoms with E-state index in [-0.39, 0.29) is 17.7 Å². The highest BCUT2D eigenvalue weighted by Gasteiger charge is 2.34. The van der Waals surface area contributed by atoms with Crippen LogP contribution in [0.5, 0.6) is 11.5 Å². The smallest absolute Gasteiger partial charge is 0.269 e. The molecule has 0 aliphatic carbocycles. The molecule has 29 heavy (non-hydrogen) atoms. The molecule has 2 aliphatic heterocycles. The van der Waals surface area contributed by atoms with E-state index >= 15 is 0 Å². The maximum absolute atomic E-state index is 12.7. The highest BCUT2D eigenvalue weighted by atomic mass is 16.6. The van der Waals surface area contributed by atoms with Crippen molar-refractivity contribution < 1.29 is 19.1 Å². The number of rotatable bonds is 4. The number of ether oxygens (including phenoxy) is 2. The lowest BCUT2D eigenvalue weighted by Gasteiger charge is -2.32. The van der Waals surface area contributed by atoms with Crippen molar-refractivity contribution in [3.05, 3.63) is 48.5 Å². The quantitative estimate of drug-likeness (QED) is 0.830. The first-order valence-electron chi connectivity index (χ1n) is 9.89. The molecule has 2 aliphatic rings. The minimum absolute atomic E-state index is 0.0327. The zero-order chi connectivity index (χ0) is 20.4. The zero-order valence-corrected chi connectivity index (χ0v) is 16.3. The molecule has 0 bridgehead atoms. The first-order chi connectivity index (χ1) is 14.0. The number of nitrogens with zero attached hydrogens (tertiary/aromatic N) is 1. The van der Waals surface area contributed by atoms with Crippen LogP contribution in [0.2, 0.25) is 0 Å². The SMILES string of the molecule is CC1Oc2ccccc2OC1C(=O)Nc1ccc(N2CCC(C(N)=O)CC2)cc1. The van der Waals surface area contributed by atoms with Gasteiger partial charge in [0, 0.05) is 30.4 Å². The molecular formula is C22H25N3O4. The number of para-hydroxylation sites is 2. The summed E-state index contributed by atoms with van der Waals surface area (Å²) in [6, 6.07) is 15.0. The van der Waals surface area contributed by atoms with E-state index in [1.807, 2.05) is 49.4 Å². The van der Waals surface area contributed by atoms with E-state index in [1.165, 1.54) is 0 Å². The molecule has 3 N–H and O–H groups in total. The maximum Gasteiger partial charge on any atom is 0.269 e. The van der Waals surface area contributed by atoms with Gasteiger partial charge in [-0.2, -0.15) is 0 Å². The zero-order valence-electron chi connectivity index (χ0n) is 16.3. The van der Waals surface area contributed by atoms with Crippen LogP contribution in [0.15, 0.2) is 48.5 Å². The molecule has 2 aromatic rings. The van der Waals surface area contributed by atoms with Gasteiger partial charge in [0.05, 0.1) is 0 Å². The lowest BCUT2D eigenvalue weighted by Crippen LogP contribution is -2.46. The Morgan fingerprint density at radius 1 is 1.00 bits per heavy atom. The van der Waals surface area contributed by atoms with Gasteiger partial charge < -0.3 is 25.4 Å². The molecule has 0 aromatic heterocycles. The van der Waals surface area contributed by atoms with Crippen LogP contribution >= 0.6 is 0 Å². The lowest BCUT2D eigenvalue weighted by atomic mass is 9.96. The Balaban J connectivity index is 1.37. The number of nitrogens with two attached hydrogens (primary N) is 1. The second-order valence-electron chi connectivity index (χ2n) is 7.51. The van der Waals surface area contributed by atoms with Crippen LogP contribution in [0, 0.1) is 5.92 Å². The Bertz CT molecular complexity index is 891. The Morgan fingerprint density at radius 3 is 2.24 bits per heavy atom. The van der Waals surface area contributed by atoms with Crippen molar-refractivity contribution in [3.63, 3.8) is 0 Å². The van der Waals surface area contributed by atoms with Crippen molar-refractivity contribution in [1.29, 1.82) is 0 Å². The number of fused-ring (bicyclic) bond motifs is 1. The number of nitrogens with one attached hydrogen (secondary N) is 1. The van der Waals surface area contributed by atoms with Crippen LogP contribution < -0.4 is 25.4 Å². The van der Waals surface area contributed by atoms with E-state index in [0.717, 1.165) is 31.6 Å².